The number of halogens is 2. The minimum atomic E-state index is -0.694. The van der Waals surface area contributed by atoms with Crippen LogP contribution in [-0.4, -0.2) is 5.16 Å². The van der Waals surface area contributed by atoms with Crippen LogP contribution in [0.3, 0.4) is 0 Å². The standard InChI is InChI=1S/C15H12F2N2OS/c1-2-8-5-6-21-14(8)13-12(15(18)20-19-13)10-4-3-9(16)7-11(10)17/h3-7H,2,18H2,1H3. The Hall–Kier alpha value is -2.21. The SMILES string of the molecule is CCc1ccsc1-c1noc(N)c1-c1ccc(F)cc1F. The number of hydrogen-bond acceptors (Lipinski definition) is 4. The average molecular weight is 306 g/mol. The van der Waals surface area contributed by atoms with Gasteiger partial charge in [-0.2, -0.15) is 0 Å². The molecule has 0 aliphatic carbocycles. The van der Waals surface area contributed by atoms with Crippen LogP contribution >= 0.6 is 11.3 Å². The van der Waals surface area contributed by atoms with Crippen LogP contribution in [0.1, 0.15) is 12.5 Å². The lowest BCUT2D eigenvalue weighted by molar-refractivity contribution is 0.439. The van der Waals surface area contributed by atoms with Crippen molar-refractivity contribution >= 4 is 17.2 Å². The van der Waals surface area contributed by atoms with Crippen LogP contribution in [0.15, 0.2) is 34.2 Å². The van der Waals surface area contributed by atoms with E-state index in [1.165, 1.54) is 23.5 Å². The largest absolute Gasteiger partial charge is 0.367 e. The normalized spacial score (nSPS) is 11.0. The third-order valence-corrected chi connectivity index (χ3v) is 4.23. The monoisotopic (exact) mass is 306 g/mol. The maximum Gasteiger partial charge on any atom is 0.230 e. The van der Waals surface area contributed by atoms with Gasteiger partial charge in [0, 0.05) is 11.6 Å². The highest BCUT2D eigenvalue weighted by Crippen LogP contribution is 2.41. The number of rotatable bonds is 3. The lowest BCUT2D eigenvalue weighted by Gasteiger charge is -2.04. The summed E-state index contributed by atoms with van der Waals surface area (Å²) in [5.74, 6) is -1.31. The summed E-state index contributed by atoms with van der Waals surface area (Å²) in [7, 11) is 0. The summed E-state index contributed by atoms with van der Waals surface area (Å²) >= 11 is 1.48. The molecule has 3 aromatic rings. The van der Waals surface area contributed by atoms with Crippen molar-refractivity contribution in [1.29, 1.82) is 0 Å². The molecule has 0 aliphatic heterocycles. The fraction of sp³-hybridized carbons (Fsp3) is 0.133. The summed E-state index contributed by atoms with van der Waals surface area (Å²) in [4.78, 5) is 0.886. The zero-order chi connectivity index (χ0) is 15.0. The number of nitrogen functional groups attached to an aromatic ring is 1. The molecule has 1 aromatic carbocycles. The van der Waals surface area contributed by atoms with Crippen LogP contribution in [0.2, 0.25) is 0 Å². The van der Waals surface area contributed by atoms with Gasteiger partial charge >= 0.3 is 0 Å². The zero-order valence-electron chi connectivity index (χ0n) is 11.2. The van der Waals surface area contributed by atoms with Gasteiger partial charge in [0.25, 0.3) is 0 Å². The van der Waals surface area contributed by atoms with Crippen molar-refractivity contribution in [2.75, 3.05) is 5.73 Å². The van der Waals surface area contributed by atoms with Crippen molar-refractivity contribution in [3.8, 4) is 21.7 Å². The lowest BCUT2D eigenvalue weighted by Crippen LogP contribution is -1.92. The number of nitrogens with zero attached hydrogens (tertiary/aromatic N) is 1. The number of anilines is 1. The molecule has 21 heavy (non-hydrogen) atoms. The van der Waals surface area contributed by atoms with Gasteiger partial charge in [0.1, 0.15) is 17.3 Å². The van der Waals surface area contributed by atoms with Crippen LogP contribution in [0.4, 0.5) is 14.7 Å². The van der Waals surface area contributed by atoms with Gasteiger partial charge in [-0.1, -0.05) is 12.1 Å². The molecule has 3 nitrogen and oxygen atoms in total. The molecule has 2 heterocycles. The molecule has 0 amide bonds. The molecular formula is C15H12F2N2OS. The molecule has 0 saturated heterocycles. The van der Waals surface area contributed by atoms with E-state index in [9.17, 15) is 8.78 Å². The van der Waals surface area contributed by atoms with Gasteiger partial charge in [0.05, 0.1) is 10.4 Å². The molecule has 3 rings (SSSR count). The van der Waals surface area contributed by atoms with E-state index in [2.05, 4.69) is 5.16 Å². The third kappa shape index (κ3) is 2.31. The van der Waals surface area contributed by atoms with Crippen molar-refractivity contribution < 1.29 is 13.3 Å². The summed E-state index contributed by atoms with van der Waals surface area (Å²) in [5, 5.41) is 5.89. The highest BCUT2D eigenvalue weighted by Gasteiger charge is 2.22. The van der Waals surface area contributed by atoms with Gasteiger partial charge in [-0.15, -0.1) is 11.3 Å². The Balaban J connectivity index is 2.22. The fourth-order valence-corrected chi connectivity index (χ4v) is 3.22. The molecule has 0 atom stereocenters. The number of hydrogen-bond donors (Lipinski definition) is 1. The minimum absolute atomic E-state index is 0.0194. The first-order valence-electron chi connectivity index (χ1n) is 6.39. The zero-order valence-corrected chi connectivity index (χ0v) is 12.0. The molecule has 0 spiro atoms. The van der Waals surface area contributed by atoms with Gasteiger partial charge in [-0.3, -0.25) is 0 Å². The second kappa shape index (κ2) is 5.29. The molecule has 0 bridgehead atoms. The Kier molecular flexibility index (Phi) is 3.47. The first-order chi connectivity index (χ1) is 10.1. The quantitative estimate of drug-likeness (QED) is 0.775. The smallest absolute Gasteiger partial charge is 0.230 e. The van der Waals surface area contributed by atoms with Gasteiger partial charge in [-0.05, 0) is 35.6 Å². The topological polar surface area (TPSA) is 52.0 Å². The highest BCUT2D eigenvalue weighted by molar-refractivity contribution is 7.13. The van der Waals surface area contributed by atoms with Crippen molar-refractivity contribution in [3.05, 3.63) is 46.8 Å². The molecule has 0 aliphatic rings. The van der Waals surface area contributed by atoms with Crippen molar-refractivity contribution in [2.24, 2.45) is 0 Å². The predicted octanol–water partition coefficient (Wildman–Crippen LogP) is 4.49. The summed E-state index contributed by atoms with van der Waals surface area (Å²) in [6.45, 7) is 2.02. The van der Waals surface area contributed by atoms with Gasteiger partial charge in [-0.25, -0.2) is 8.78 Å². The fourth-order valence-electron chi connectivity index (χ4n) is 2.23. The Labute approximate surface area is 124 Å². The number of thiophene rings is 1. The molecule has 0 radical (unpaired) electrons. The van der Waals surface area contributed by atoms with Crippen LogP contribution < -0.4 is 5.73 Å². The van der Waals surface area contributed by atoms with E-state index in [4.69, 9.17) is 10.3 Å². The van der Waals surface area contributed by atoms with E-state index >= 15 is 0 Å². The molecule has 6 heteroatoms. The first kappa shape index (κ1) is 13.8. The number of aromatic nitrogens is 1. The van der Waals surface area contributed by atoms with Crippen molar-refractivity contribution in [3.63, 3.8) is 0 Å². The second-order valence-corrected chi connectivity index (χ2v) is 5.44. The Morgan fingerprint density at radius 1 is 1.29 bits per heavy atom. The lowest BCUT2D eigenvalue weighted by atomic mass is 10.0. The van der Waals surface area contributed by atoms with E-state index < -0.39 is 11.6 Å². The predicted molar refractivity (Wildman–Crippen MR) is 79.0 cm³/mol. The highest BCUT2D eigenvalue weighted by atomic mass is 32.1. The number of aryl methyl sites for hydroxylation is 1. The van der Waals surface area contributed by atoms with Crippen molar-refractivity contribution in [1.82, 2.24) is 5.16 Å². The van der Waals surface area contributed by atoms with E-state index in [0.29, 0.717) is 11.3 Å². The maximum atomic E-state index is 14.0. The minimum Gasteiger partial charge on any atom is -0.367 e. The Bertz CT molecular complexity index is 795. The summed E-state index contributed by atoms with van der Waals surface area (Å²) in [5.41, 5.74) is 7.91. The van der Waals surface area contributed by atoms with E-state index in [1.54, 1.807) is 0 Å². The molecule has 2 aromatic heterocycles. The molecule has 0 fully saturated rings. The van der Waals surface area contributed by atoms with Crippen LogP contribution in [0.25, 0.3) is 21.7 Å². The maximum absolute atomic E-state index is 14.0. The van der Waals surface area contributed by atoms with E-state index in [-0.39, 0.29) is 11.4 Å². The second-order valence-electron chi connectivity index (χ2n) is 4.52. The third-order valence-electron chi connectivity index (χ3n) is 3.26. The molecular weight excluding hydrogens is 294 g/mol. The van der Waals surface area contributed by atoms with Crippen LogP contribution in [0, 0.1) is 11.6 Å². The van der Waals surface area contributed by atoms with Gasteiger partial charge < -0.3 is 10.3 Å². The average Bonchev–Trinajstić information content (AvgIpc) is 3.05. The Morgan fingerprint density at radius 3 is 2.81 bits per heavy atom. The molecule has 2 N–H and O–H groups in total. The van der Waals surface area contributed by atoms with Gasteiger partial charge in [0.2, 0.25) is 5.88 Å². The Morgan fingerprint density at radius 2 is 2.10 bits per heavy atom. The molecule has 108 valence electrons. The summed E-state index contributed by atoms with van der Waals surface area (Å²) in [6, 6.07) is 5.33. The van der Waals surface area contributed by atoms with Crippen LogP contribution in [-0.2, 0) is 6.42 Å². The van der Waals surface area contributed by atoms with E-state index in [0.717, 1.165) is 22.9 Å². The van der Waals surface area contributed by atoms with E-state index in [1.807, 2.05) is 18.4 Å². The number of nitrogens with two attached hydrogens (primary N) is 1. The van der Waals surface area contributed by atoms with Crippen LogP contribution in [0.5, 0.6) is 0 Å². The summed E-state index contributed by atoms with van der Waals surface area (Å²) in [6.07, 6.45) is 0.816. The van der Waals surface area contributed by atoms with Crippen molar-refractivity contribution in [2.45, 2.75) is 13.3 Å². The summed E-state index contributed by atoms with van der Waals surface area (Å²) < 4.78 is 32.1. The number of benzene rings is 1. The molecule has 0 unspecified atom stereocenters. The first-order valence-corrected chi connectivity index (χ1v) is 7.27. The molecule has 0 saturated carbocycles. The van der Waals surface area contributed by atoms with Gasteiger partial charge in [0.15, 0.2) is 0 Å².